The number of aromatic nitrogens is 1. The first-order chi connectivity index (χ1) is 12.9. The first-order valence-corrected chi connectivity index (χ1v) is 10.0. The molecule has 1 N–H and O–H groups in total. The molecular weight excluding hydrogens is 470 g/mol. The molecule has 27 heavy (non-hydrogen) atoms. The minimum atomic E-state index is -0.255. The van der Waals surface area contributed by atoms with Gasteiger partial charge in [0.2, 0.25) is 0 Å². The monoisotopic (exact) mass is 487 g/mol. The molecule has 0 unspecified atom stereocenters. The topological polar surface area (TPSA) is 46.4 Å². The van der Waals surface area contributed by atoms with Crippen molar-refractivity contribution in [1.82, 2.24) is 9.99 Å². The predicted octanol–water partition coefficient (Wildman–Crippen LogP) is 5.69. The van der Waals surface area contributed by atoms with Gasteiger partial charge in [0.15, 0.2) is 0 Å². The van der Waals surface area contributed by atoms with Crippen LogP contribution >= 0.6 is 31.9 Å². The van der Waals surface area contributed by atoms with E-state index in [4.69, 9.17) is 0 Å². The summed E-state index contributed by atoms with van der Waals surface area (Å²) in [6.07, 6.45) is 1.68. The maximum Gasteiger partial charge on any atom is 0.272 e. The number of hydrogen-bond acceptors (Lipinski definition) is 2. The number of hydrogen-bond donors (Lipinski definition) is 1. The molecule has 2 aromatic carbocycles. The van der Waals surface area contributed by atoms with Gasteiger partial charge in [-0.3, -0.25) is 4.79 Å². The first-order valence-electron chi connectivity index (χ1n) is 8.42. The Hall–Kier alpha value is -2.18. The number of amides is 1. The summed E-state index contributed by atoms with van der Waals surface area (Å²) in [6.45, 7) is 6.16. The highest BCUT2D eigenvalue weighted by Crippen LogP contribution is 2.24. The standard InChI is InChI=1S/C21H19Br2N3O/c1-13-8-9-17(11-20(13)23)26-14(2)10-16(15(26)3)12-24-25-21(27)18-6-4-5-7-19(18)22/h4-12H,1-3H3,(H,25,27)/b24-12-. The van der Waals surface area contributed by atoms with Crippen molar-refractivity contribution in [3.8, 4) is 5.69 Å². The van der Waals surface area contributed by atoms with E-state index >= 15 is 0 Å². The summed E-state index contributed by atoms with van der Waals surface area (Å²) >= 11 is 6.97. The van der Waals surface area contributed by atoms with Crippen molar-refractivity contribution in [2.24, 2.45) is 5.10 Å². The summed E-state index contributed by atoms with van der Waals surface area (Å²) in [5, 5.41) is 4.13. The molecule has 0 aliphatic heterocycles. The molecule has 3 aromatic rings. The van der Waals surface area contributed by atoms with Crippen LogP contribution in [-0.2, 0) is 0 Å². The molecule has 1 heterocycles. The third kappa shape index (κ3) is 4.22. The summed E-state index contributed by atoms with van der Waals surface area (Å²) in [4.78, 5) is 12.2. The molecule has 0 saturated heterocycles. The Morgan fingerprint density at radius 1 is 1.04 bits per heavy atom. The lowest BCUT2D eigenvalue weighted by atomic mass is 10.2. The van der Waals surface area contributed by atoms with Crippen LogP contribution in [0.4, 0.5) is 0 Å². The van der Waals surface area contributed by atoms with Crippen LogP contribution in [0.3, 0.4) is 0 Å². The van der Waals surface area contributed by atoms with Gasteiger partial charge < -0.3 is 4.57 Å². The minimum absolute atomic E-state index is 0.255. The second-order valence-electron chi connectivity index (χ2n) is 6.27. The molecule has 0 fully saturated rings. The highest BCUT2D eigenvalue weighted by Gasteiger charge is 2.11. The Morgan fingerprint density at radius 3 is 2.48 bits per heavy atom. The van der Waals surface area contributed by atoms with Crippen LogP contribution in [0.25, 0.3) is 5.69 Å². The predicted molar refractivity (Wildman–Crippen MR) is 117 cm³/mol. The summed E-state index contributed by atoms with van der Waals surface area (Å²) in [5.74, 6) is -0.255. The fraction of sp³-hybridized carbons (Fsp3) is 0.143. The number of carbonyl (C=O) groups is 1. The molecule has 0 aliphatic rings. The van der Waals surface area contributed by atoms with Gasteiger partial charge in [-0.05, 0) is 72.6 Å². The molecule has 4 nitrogen and oxygen atoms in total. The maximum absolute atomic E-state index is 12.2. The van der Waals surface area contributed by atoms with Crippen LogP contribution in [0, 0.1) is 20.8 Å². The number of hydrazone groups is 1. The van der Waals surface area contributed by atoms with E-state index in [1.54, 1.807) is 12.3 Å². The molecule has 1 amide bonds. The molecule has 0 atom stereocenters. The van der Waals surface area contributed by atoms with E-state index in [1.807, 2.05) is 25.1 Å². The zero-order valence-corrected chi connectivity index (χ0v) is 18.4. The van der Waals surface area contributed by atoms with Crippen molar-refractivity contribution < 1.29 is 4.79 Å². The largest absolute Gasteiger partial charge is 0.318 e. The summed E-state index contributed by atoms with van der Waals surface area (Å²) in [6, 6.07) is 15.6. The lowest BCUT2D eigenvalue weighted by Gasteiger charge is -2.11. The number of nitrogens with zero attached hydrogens (tertiary/aromatic N) is 2. The van der Waals surface area contributed by atoms with Crippen LogP contribution in [0.15, 0.2) is 62.6 Å². The van der Waals surface area contributed by atoms with Crippen LogP contribution in [-0.4, -0.2) is 16.7 Å². The lowest BCUT2D eigenvalue weighted by molar-refractivity contribution is 0.0954. The quantitative estimate of drug-likeness (QED) is 0.372. The van der Waals surface area contributed by atoms with Crippen molar-refractivity contribution in [1.29, 1.82) is 0 Å². The van der Waals surface area contributed by atoms with Crippen LogP contribution in [0.2, 0.25) is 0 Å². The second-order valence-corrected chi connectivity index (χ2v) is 7.98. The number of benzene rings is 2. The van der Waals surface area contributed by atoms with Gasteiger partial charge in [0.1, 0.15) is 0 Å². The Labute approximate surface area is 175 Å². The van der Waals surface area contributed by atoms with Gasteiger partial charge in [0, 0.05) is 31.6 Å². The fourth-order valence-electron chi connectivity index (χ4n) is 2.90. The van der Waals surface area contributed by atoms with Crippen molar-refractivity contribution in [2.75, 3.05) is 0 Å². The van der Waals surface area contributed by atoms with Crippen molar-refractivity contribution in [3.05, 3.63) is 85.6 Å². The van der Waals surface area contributed by atoms with E-state index in [0.717, 1.165) is 31.6 Å². The van der Waals surface area contributed by atoms with Crippen molar-refractivity contribution in [3.63, 3.8) is 0 Å². The zero-order valence-electron chi connectivity index (χ0n) is 15.3. The van der Waals surface area contributed by atoms with E-state index in [9.17, 15) is 4.79 Å². The molecule has 0 radical (unpaired) electrons. The van der Waals surface area contributed by atoms with Gasteiger partial charge >= 0.3 is 0 Å². The Morgan fingerprint density at radius 2 is 1.78 bits per heavy atom. The van der Waals surface area contributed by atoms with E-state index < -0.39 is 0 Å². The van der Waals surface area contributed by atoms with Crippen molar-refractivity contribution in [2.45, 2.75) is 20.8 Å². The molecule has 0 aliphatic carbocycles. The summed E-state index contributed by atoms with van der Waals surface area (Å²) in [7, 11) is 0. The average Bonchev–Trinajstić information content (AvgIpc) is 2.91. The van der Waals surface area contributed by atoms with Crippen LogP contribution in [0.1, 0.15) is 32.9 Å². The molecule has 0 spiro atoms. The van der Waals surface area contributed by atoms with Crippen LogP contribution in [0.5, 0.6) is 0 Å². The van der Waals surface area contributed by atoms with E-state index in [2.05, 4.69) is 85.1 Å². The van der Waals surface area contributed by atoms with Gasteiger partial charge in [0.25, 0.3) is 5.91 Å². The molecule has 0 saturated carbocycles. The maximum atomic E-state index is 12.2. The number of nitrogens with one attached hydrogen (secondary N) is 1. The van der Waals surface area contributed by atoms with Gasteiger partial charge in [0.05, 0.1) is 11.8 Å². The third-order valence-corrected chi connectivity index (χ3v) is 5.92. The molecule has 1 aromatic heterocycles. The minimum Gasteiger partial charge on any atom is -0.318 e. The highest BCUT2D eigenvalue weighted by atomic mass is 79.9. The summed E-state index contributed by atoms with van der Waals surface area (Å²) in [5.41, 5.74) is 8.52. The molecule has 6 heteroatoms. The number of aryl methyl sites for hydroxylation is 2. The van der Waals surface area contributed by atoms with Crippen molar-refractivity contribution >= 4 is 44.0 Å². The molecule has 138 valence electrons. The van der Waals surface area contributed by atoms with E-state index in [-0.39, 0.29) is 5.91 Å². The smallest absolute Gasteiger partial charge is 0.272 e. The Kier molecular flexibility index (Phi) is 5.97. The van der Waals surface area contributed by atoms with E-state index in [0.29, 0.717) is 5.56 Å². The first kappa shape index (κ1) is 19.6. The van der Waals surface area contributed by atoms with Gasteiger partial charge in [-0.25, -0.2) is 5.43 Å². The Balaban J connectivity index is 1.82. The van der Waals surface area contributed by atoms with Gasteiger partial charge in [-0.15, -0.1) is 0 Å². The fourth-order valence-corrected chi connectivity index (χ4v) is 3.73. The molecular formula is C21H19Br2N3O. The third-order valence-electron chi connectivity index (χ3n) is 4.37. The summed E-state index contributed by atoms with van der Waals surface area (Å²) < 4.78 is 3.98. The van der Waals surface area contributed by atoms with Gasteiger partial charge in [-0.2, -0.15) is 5.10 Å². The lowest BCUT2D eigenvalue weighted by Crippen LogP contribution is -2.18. The average molecular weight is 489 g/mol. The van der Waals surface area contributed by atoms with Crippen LogP contribution < -0.4 is 5.43 Å². The zero-order chi connectivity index (χ0) is 19.6. The van der Waals surface area contributed by atoms with Gasteiger partial charge in [-0.1, -0.05) is 34.1 Å². The normalized spacial score (nSPS) is 11.1. The van der Waals surface area contributed by atoms with E-state index in [1.165, 1.54) is 5.56 Å². The second kappa shape index (κ2) is 8.23. The molecule has 3 rings (SSSR count). The SMILES string of the molecule is Cc1ccc(-n2c(C)cc(/C=N\NC(=O)c3ccccc3Br)c2C)cc1Br. The number of carbonyl (C=O) groups excluding carboxylic acids is 1. The highest BCUT2D eigenvalue weighted by molar-refractivity contribution is 9.10. The number of halogens is 2. The molecule has 0 bridgehead atoms. The number of rotatable bonds is 4. The Bertz CT molecular complexity index is 1040.